The van der Waals surface area contributed by atoms with Crippen LogP contribution in [0.1, 0.15) is 156 Å². The summed E-state index contributed by atoms with van der Waals surface area (Å²) in [7, 11) is 0. The lowest BCUT2D eigenvalue weighted by atomic mass is 9.81. The molecule has 92 heavy (non-hydrogen) atoms. The van der Waals surface area contributed by atoms with E-state index in [0.29, 0.717) is 58.5 Å². The van der Waals surface area contributed by atoms with Crippen molar-refractivity contribution in [1.82, 2.24) is 15.1 Å². The van der Waals surface area contributed by atoms with Crippen molar-refractivity contribution in [3.05, 3.63) is 212 Å². The number of carbonyl (C=O) groups is 2. The number of hydrogen-bond donors (Lipinski definition) is 6. The molecule has 0 spiro atoms. The third-order valence-corrected chi connectivity index (χ3v) is 17.6. The Labute approximate surface area is 557 Å². The molecular weight excluding hydrogens is 1220 g/mol. The van der Waals surface area contributed by atoms with Crippen LogP contribution in [0, 0.1) is 0 Å². The van der Waals surface area contributed by atoms with E-state index in [1.165, 1.54) is 11.1 Å². The van der Waals surface area contributed by atoms with Crippen molar-refractivity contribution in [2.45, 2.75) is 173 Å². The molecule has 9 rings (SSSR count). The van der Waals surface area contributed by atoms with Crippen LogP contribution in [0.3, 0.4) is 0 Å². The zero-order valence-electron chi connectivity index (χ0n) is 55.8. The van der Waals surface area contributed by atoms with Crippen LogP contribution in [0.15, 0.2) is 162 Å². The lowest BCUT2D eigenvalue weighted by Gasteiger charge is -2.39. The van der Waals surface area contributed by atoms with Crippen LogP contribution in [0.5, 0.6) is 0 Å². The highest BCUT2D eigenvalue weighted by molar-refractivity contribution is 9.10. The second kappa shape index (κ2) is 38.6. The molecule has 6 aromatic rings. The van der Waals surface area contributed by atoms with Crippen molar-refractivity contribution in [1.29, 1.82) is 0 Å². The standard InChI is InChI=1S/C28H39NO4.C21H33NO4.C20H25NO2.C8H9BrO/c1-27(2,3)33-26(30)14-9-20-32-21-15-24-12-7-8-13-25(24)28(31)16-18-29(19-17-28)22-23-10-5-4-6-11-23;1-20(2,3)26-19(23)9-6-15-25-16-10-17-7-4-5-8-18(17)21(24)11-13-22-14-12-21;22-15-10-18-8-4-5-9-19(18)20(23)11-13-21(14-12-20)16-17-6-2-1-3-7-17;9-8-4-2-1-3-7(8)5-6-10/h4-8,10-13,31H,9,14-22H2,1-3H3;4-5,7-8,22,24H,6,9-16H2,1-3H3;1-9,22-23H,10-16H2;1-4,10H,5-6H2. The Morgan fingerprint density at radius 2 is 0.772 bits per heavy atom. The fourth-order valence-electron chi connectivity index (χ4n) is 12.0. The van der Waals surface area contributed by atoms with Gasteiger partial charge >= 0.3 is 11.9 Å². The van der Waals surface area contributed by atoms with E-state index in [4.69, 9.17) is 24.1 Å². The molecule has 0 aromatic heterocycles. The Bertz CT molecular complexity index is 3060. The van der Waals surface area contributed by atoms with E-state index in [1.54, 1.807) is 0 Å². The molecule has 0 bridgehead atoms. The minimum atomic E-state index is -0.791. The molecule has 0 aliphatic carbocycles. The number of halogens is 1. The first-order valence-electron chi connectivity index (χ1n) is 33.3. The maximum Gasteiger partial charge on any atom is 0.306 e. The van der Waals surface area contributed by atoms with Gasteiger partial charge in [-0.3, -0.25) is 19.4 Å². The molecule has 0 atom stereocenters. The number of hydrogen-bond acceptors (Lipinski definition) is 14. The smallest absolute Gasteiger partial charge is 0.306 e. The number of ether oxygens (including phenoxy) is 4. The lowest BCUT2D eigenvalue weighted by Crippen LogP contribution is -2.42. The van der Waals surface area contributed by atoms with Crippen LogP contribution in [0.2, 0.25) is 0 Å². The Morgan fingerprint density at radius 1 is 0.446 bits per heavy atom. The van der Waals surface area contributed by atoms with Crippen LogP contribution in [-0.2, 0) is 84.1 Å². The van der Waals surface area contributed by atoms with E-state index in [-0.39, 0.29) is 25.2 Å². The van der Waals surface area contributed by atoms with E-state index in [9.17, 15) is 30.0 Å². The average molecular weight is 1330 g/mol. The monoisotopic (exact) mass is 1330 g/mol. The predicted octanol–water partition coefficient (Wildman–Crippen LogP) is 12.5. The number of aliphatic hydroxyl groups is 5. The van der Waals surface area contributed by atoms with Crippen molar-refractivity contribution in [2.24, 2.45) is 0 Å². The first kappa shape index (κ1) is 75.4. The fourth-order valence-corrected chi connectivity index (χ4v) is 12.5. The summed E-state index contributed by atoms with van der Waals surface area (Å²) in [6, 6.07) is 53.1. The van der Waals surface area contributed by atoms with Gasteiger partial charge in [-0.25, -0.2) is 0 Å². The van der Waals surface area contributed by atoms with Gasteiger partial charge in [0.25, 0.3) is 0 Å². The minimum absolute atomic E-state index is 0.118. The third kappa shape index (κ3) is 26.6. The van der Waals surface area contributed by atoms with E-state index in [0.717, 1.165) is 154 Å². The SMILES string of the molecule is CC(C)(C)OC(=O)CCCOCCc1ccccc1C1(O)CCN(Cc2ccccc2)CC1.CC(C)(C)OC(=O)CCCOCCc1ccccc1C1(O)CCNCC1.OCCc1ccccc1Br.OCCc1ccccc1C1(O)CCN(Cc2ccccc2)CC1. The largest absolute Gasteiger partial charge is 0.460 e. The summed E-state index contributed by atoms with van der Waals surface area (Å²) in [6.45, 7) is 20.9. The first-order chi connectivity index (χ1) is 44.1. The summed E-state index contributed by atoms with van der Waals surface area (Å²) in [4.78, 5) is 28.3. The quantitative estimate of drug-likeness (QED) is 0.0234. The summed E-state index contributed by atoms with van der Waals surface area (Å²) < 4.78 is 23.1. The van der Waals surface area contributed by atoms with Gasteiger partial charge in [-0.2, -0.15) is 0 Å². The van der Waals surface area contributed by atoms with Gasteiger partial charge in [0.2, 0.25) is 0 Å². The summed E-state index contributed by atoms with van der Waals surface area (Å²) in [5.74, 6) is -0.364. The Balaban J connectivity index is 0.000000206. The molecule has 15 heteroatoms. The zero-order valence-corrected chi connectivity index (χ0v) is 57.4. The van der Waals surface area contributed by atoms with Crippen LogP contribution in [0.25, 0.3) is 0 Å². The molecule has 14 nitrogen and oxygen atoms in total. The Morgan fingerprint density at radius 3 is 1.14 bits per heavy atom. The number of carbonyl (C=O) groups excluding carboxylic acids is 2. The number of aliphatic hydroxyl groups excluding tert-OH is 2. The van der Waals surface area contributed by atoms with Gasteiger partial charge in [0.05, 0.1) is 30.0 Å². The fraction of sp³-hybridized carbons (Fsp3) is 0.506. The number of piperidine rings is 3. The predicted molar refractivity (Wildman–Crippen MR) is 370 cm³/mol. The van der Waals surface area contributed by atoms with Gasteiger partial charge in [0.1, 0.15) is 11.2 Å². The second-order valence-electron chi connectivity index (χ2n) is 26.5. The maximum absolute atomic E-state index is 11.8. The van der Waals surface area contributed by atoms with Gasteiger partial charge in [-0.15, -0.1) is 0 Å². The second-order valence-corrected chi connectivity index (χ2v) is 27.3. The third-order valence-electron chi connectivity index (χ3n) is 16.8. The number of rotatable bonds is 25. The molecule has 0 radical (unpaired) electrons. The van der Waals surface area contributed by atoms with Gasteiger partial charge in [0, 0.05) is 83.0 Å². The first-order valence-corrected chi connectivity index (χ1v) is 34.1. The van der Waals surface area contributed by atoms with Crippen LogP contribution in [0.4, 0.5) is 0 Å². The van der Waals surface area contributed by atoms with Crippen molar-refractivity contribution < 1.29 is 54.1 Å². The van der Waals surface area contributed by atoms with Gasteiger partial charge in [-0.1, -0.05) is 168 Å². The van der Waals surface area contributed by atoms with Gasteiger partial charge in [-0.05, 0) is 188 Å². The average Bonchev–Trinajstić information content (AvgIpc) is 0.836. The van der Waals surface area contributed by atoms with Crippen molar-refractivity contribution >= 4 is 27.9 Å². The van der Waals surface area contributed by atoms with E-state index in [1.807, 2.05) is 133 Å². The molecule has 3 aliphatic rings. The Hall–Kier alpha value is -5.66. The summed E-state index contributed by atoms with van der Waals surface area (Å²) >= 11 is 3.39. The molecule has 6 N–H and O–H groups in total. The van der Waals surface area contributed by atoms with Crippen molar-refractivity contribution in [2.75, 3.05) is 78.9 Å². The van der Waals surface area contributed by atoms with E-state index >= 15 is 0 Å². The summed E-state index contributed by atoms with van der Waals surface area (Å²) in [5, 5.41) is 54.8. The number of nitrogens with one attached hydrogen (secondary N) is 1. The van der Waals surface area contributed by atoms with Crippen LogP contribution >= 0.6 is 15.9 Å². The van der Waals surface area contributed by atoms with Crippen molar-refractivity contribution in [3.8, 4) is 0 Å². The zero-order chi connectivity index (χ0) is 66.3. The highest BCUT2D eigenvalue weighted by Crippen LogP contribution is 2.38. The highest BCUT2D eigenvalue weighted by Gasteiger charge is 2.37. The number of esters is 2. The molecule has 502 valence electrons. The van der Waals surface area contributed by atoms with Gasteiger partial charge in [0.15, 0.2) is 0 Å². The van der Waals surface area contributed by atoms with Crippen LogP contribution in [-0.4, -0.2) is 137 Å². The Kier molecular flexibility index (Phi) is 31.7. The lowest BCUT2D eigenvalue weighted by molar-refractivity contribution is -0.156. The number of nitrogens with zero attached hydrogens (tertiary/aromatic N) is 2. The highest BCUT2D eigenvalue weighted by atomic mass is 79.9. The van der Waals surface area contributed by atoms with E-state index < -0.39 is 28.0 Å². The maximum atomic E-state index is 11.8. The van der Waals surface area contributed by atoms with E-state index in [2.05, 4.69) is 97.8 Å². The minimum Gasteiger partial charge on any atom is -0.460 e. The molecule has 0 saturated carbocycles. The molecule has 0 unspecified atom stereocenters. The number of likely N-dealkylation sites (tertiary alicyclic amines) is 2. The molecule has 3 saturated heterocycles. The molecule has 3 fully saturated rings. The van der Waals surface area contributed by atoms with Crippen molar-refractivity contribution in [3.63, 3.8) is 0 Å². The number of benzene rings is 6. The summed E-state index contributed by atoms with van der Waals surface area (Å²) in [5.41, 5.74) is 7.01. The topological polar surface area (TPSA) is 191 Å². The van der Waals surface area contributed by atoms with Gasteiger partial charge < -0.3 is 49.8 Å². The molecule has 6 aromatic carbocycles. The molecule has 3 aliphatic heterocycles. The summed E-state index contributed by atoms with van der Waals surface area (Å²) in [6.07, 6.45) is 9.30. The molecule has 0 amide bonds. The molecule has 3 heterocycles. The molecular formula is C77H106BrN3O11. The van der Waals surface area contributed by atoms with Crippen LogP contribution < -0.4 is 5.32 Å². The normalized spacial score (nSPS) is 16.3.